The molecular weight excluding hydrogens is 188 g/mol. The molecule has 0 bridgehead atoms. The minimum absolute atomic E-state index is 0.169. The van der Waals surface area contributed by atoms with Crippen LogP contribution in [0.15, 0.2) is 9.32 Å². The predicted molar refractivity (Wildman–Crippen MR) is 41.1 cm³/mol. The predicted octanol–water partition coefficient (Wildman–Crippen LogP) is -1.73. The summed E-state index contributed by atoms with van der Waals surface area (Å²) in [5.74, 6) is -2.06. The quantitative estimate of drug-likeness (QED) is 0.543. The molecule has 6 nitrogen and oxygen atoms in total. The van der Waals surface area contributed by atoms with Crippen molar-refractivity contribution >= 4 is 5.97 Å². The van der Waals surface area contributed by atoms with Crippen LogP contribution >= 0.6 is 0 Å². The van der Waals surface area contributed by atoms with Gasteiger partial charge in [-0.3, -0.25) is 4.52 Å². The first-order valence-electron chi connectivity index (χ1n) is 4.52. The number of hydrogen-bond acceptors (Lipinski definition) is 4. The minimum atomic E-state index is -1.22. The first-order chi connectivity index (χ1) is 6.70. The van der Waals surface area contributed by atoms with Crippen LogP contribution < -0.4 is 15.4 Å². The van der Waals surface area contributed by atoms with Gasteiger partial charge in [-0.15, -0.1) is 0 Å². The summed E-state index contributed by atoms with van der Waals surface area (Å²) >= 11 is 0. The van der Waals surface area contributed by atoms with Gasteiger partial charge in [0.1, 0.15) is 0 Å². The van der Waals surface area contributed by atoms with Crippen molar-refractivity contribution in [1.82, 2.24) is 5.27 Å². The molecule has 1 unspecified atom stereocenters. The molecule has 0 fully saturated rings. The van der Waals surface area contributed by atoms with Gasteiger partial charge in [0.05, 0.1) is 11.9 Å². The molecule has 6 heteroatoms. The smallest absolute Gasteiger partial charge is 0.430 e. The second-order valence-electron chi connectivity index (χ2n) is 3.39. The van der Waals surface area contributed by atoms with Gasteiger partial charge in [0.15, 0.2) is 6.54 Å². The van der Waals surface area contributed by atoms with Crippen LogP contribution in [-0.4, -0.2) is 11.2 Å². The number of carbonyl (C=O) groups excluding carboxylic acids is 1. The van der Waals surface area contributed by atoms with Crippen LogP contribution in [0, 0.1) is 0 Å². The molecule has 0 spiro atoms. The summed E-state index contributed by atoms with van der Waals surface area (Å²) in [5, 5.41) is 13.2. The van der Waals surface area contributed by atoms with E-state index in [4.69, 9.17) is 0 Å². The first kappa shape index (κ1) is 8.98. The molecule has 1 N–H and O–H groups in total. The zero-order valence-corrected chi connectivity index (χ0v) is 7.49. The Kier molecular flexibility index (Phi) is 2.11. The number of H-pyrrole nitrogens is 1. The number of aliphatic carboxylic acids is 1. The highest BCUT2D eigenvalue weighted by Crippen LogP contribution is 2.18. The topological polar surface area (TPSA) is 90.0 Å². The maximum Gasteiger partial charge on any atom is 0.430 e. The summed E-state index contributed by atoms with van der Waals surface area (Å²) in [4.78, 5) is 22.0. The summed E-state index contributed by atoms with van der Waals surface area (Å²) in [5.41, 5.74) is -0.441. The molecule has 0 radical (unpaired) electrons. The maximum atomic E-state index is 11.2. The summed E-state index contributed by atoms with van der Waals surface area (Å²) in [7, 11) is 0. The Balaban J connectivity index is 2.50. The largest absolute Gasteiger partial charge is 0.549 e. The Morgan fingerprint density at radius 3 is 3.07 bits per heavy atom. The molecule has 76 valence electrons. The molecule has 1 aliphatic heterocycles. The second kappa shape index (κ2) is 3.28. The van der Waals surface area contributed by atoms with E-state index in [9.17, 15) is 14.7 Å². The SMILES string of the molecule is O=C([O-])C1CCCC[n+]2[nH]oc(=O)c21. The van der Waals surface area contributed by atoms with Crippen LogP contribution in [0.4, 0.5) is 0 Å². The molecule has 2 heterocycles. The van der Waals surface area contributed by atoms with Gasteiger partial charge >= 0.3 is 11.3 Å². The molecule has 0 saturated carbocycles. The zero-order valence-electron chi connectivity index (χ0n) is 7.49. The van der Waals surface area contributed by atoms with E-state index in [1.54, 1.807) is 0 Å². The van der Waals surface area contributed by atoms with E-state index in [0.717, 1.165) is 12.8 Å². The summed E-state index contributed by atoms with van der Waals surface area (Å²) in [6, 6.07) is 0. The lowest BCUT2D eigenvalue weighted by Gasteiger charge is -2.08. The number of fused-ring (bicyclic) bond motifs is 1. The molecule has 14 heavy (non-hydrogen) atoms. The van der Waals surface area contributed by atoms with Gasteiger partial charge < -0.3 is 9.90 Å². The monoisotopic (exact) mass is 198 g/mol. The van der Waals surface area contributed by atoms with Crippen molar-refractivity contribution < 1.29 is 19.1 Å². The number of nitrogens with zero attached hydrogens (tertiary/aromatic N) is 1. The molecule has 2 rings (SSSR count). The van der Waals surface area contributed by atoms with Crippen molar-refractivity contribution in [2.24, 2.45) is 0 Å². The highest BCUT2D eigenvalue weighted by Gasteiger charge is 2.33. The Hall–Kier alpha value is -1.59. The van der Waals surface area contributed by atoms with E-state index in [1.807, 2.05) is 0 Å². The lowest BCUT2D eigenvalue weighted by atomic mass is 10.0. The van der Waals surface area contributed by atoms with E-state index < -0.39 is 17.5 Å². The van der Waals surface area contributed by atoms with Crippen LogP contribution in [-0.2, 0) is 11.3 Å². The standard InChI is InChI=1S/C8H10N2O4/c11-7(12)5-3-1-2-4-10-6(5)8(13)14-9-10/h5H,1-4H2,(H-,9,11,12,13). The minimum Gasteiger partial charge on any atom is -0.549 e. The average Bonchev–Trinajstić information content (AvgIpc) is 2.38. The summed E-state index contributed by atoms with van der Waals surface area (Å²) in [6.45, 7) is 0.588. The normalized spacial score (nSPS) is 21.3. The van der Waals surface area contributed by atoms with Crippen molar-refractivity contribution in [2.45, 2.75) is 31.7 Å². The van der Waals surface area contributed by atoms with Gasteiger partial charge in [0.25, 0.3) is 0 Å². The van der Waals surface area contributed by atoms with Crippen LogP contribution in [0.1, 0.15) is 30.9 Å². The van der Waals surface area contributed by atoms with Gasteiger partial charge in [-0.25, -0.2) is 4.79 Å². The number of aryl methyl sites for hydroxylation is 1. The van der Waals surface area contributed by atoms with E-state index in [1.165, 1.54) is 4.68 Å². The van der Waals surface area contributed by atoms with Crippen molar-refractivity contribution in [3.05, 3.63) is 16.1 Å². The first-order valence-corrected chi connectivity index (χ1v) is 4.52. The number of carboxylic acids is 1. The second-order valence-corrected chi connectivity index (χ2v) is 3.39. The molecule has 0 aromatic carbocycles. The third-order valence-electron chi connectivity index (χ3n) is 2.49. The Bertz CT molecular complexity index is 406. The lowest BCUT2D eigenvalue weighted by molar-refractivity contribution is -0.767. The third-order valence-corrected chi connectivity index (χ3v) is 2.49. The molecule has 0 saturated heterocycles. The number of aromatic amines is 1. The van der Waals surface area contributed by atoms with E-state index in [-0.39, 0.29) is 5.69 Å². The molecule has 1 aromatic heterocycles. The number of hydrogen-bond donors (Lipinski definition) is 1. The summed E-state index contributed by atoms with van der Waals surface area (Å²) < 4.78 is 6.00. The van der Waals surface area contributed by atoms with Gasteiger partial charge in [-0.1, -0.05) is 4.68 Å². The van der Waals surface area contributed by atoms with Gasteiger partial charge in [-0.05, 0) is 18.1 Å². The van der Waals surface area contributed by atoms with E-state index in [0.29, 0.717) is 13.0 Å². The van der Waals surface area contributed by atoms with Crippen molar-refractivity contribution in [2.75, 3.05) is 0 Å². The van der Waals surface area contributed by atoms with Crippen molar-refractivity contribution in [1.29, 1.82) is 0 Å². The molecule has 0 aliphatic carbocycles. The fraction of sp³-hybridized carbons (Fsp3) is 0.625. The molecule has 1 atom stereocenters. The molecule has 1 aromatic rings. The number of carboxylic acid groups (broad SMARTS) is 1. The fourth-order valence-electron chi connectivity index (χ4n) is 1.79. The average molecular weight is 198 g/mol. The fourth-order valence-corrected chi connectivity index (χ4v) is 1.79. The lowest BCUT2D eigenvalue weighted by Crippen LogP contribution is -2.44. The maximum absolute atomic E-state index is 11.2. The number of aromatic nitrogens is 2. The van der Waals surface area contributed by atoms with Gasteiger partial charge in [0.2, 0.25) is 0 Å². The molecule has 1 aliphatic rings. The van der Waals surface area contributed by atoms with Crippen molar-refractivity contribution in [3.63, 3.8) is 0 Å². The van der Waals surface area contributed by atoms with E-state index in [2.05, 4.69) is 9.79 Å². The number of rotatable bonds is 1. The van der Waals surface area contributed by atoms with Crippen LogP contribution in [0.5, 0.6) is 0 Å². The molecular formula is C8H10N2O4. The third kappa shape index (κ3) is 1.32. The highest BCUT2D eigenvalue weighted by atomic mass is 16.5. The zero-order chi connectivity index (χ0) is 10.1. The van der Waals surface area contributed by atoms with Crippen molar-refractivity contribution in [3.8, 4) is 0 Å². The molecule has 0 amide bonds. The Morgan fingerprint density at radius 2 is 2.36 bits per heavy atom. The van der Waals surface area contributed by atoms with Crippen LogP contribution in [0.2, 0.25) is 0 Å². The Labute approximate surface area is 79.1 Å². The number of carbonyl (C=O) groups is 1. The Morgan fingerprint density at radius 1 is 1.57 bits per heavy atom. The van der Waals surface area contributed by atoms with Crippen LogP contribution in [0.25, 0.3) is 0 Å². The van der Waals surface area contributed by atoms with E-state index >= 15 is 0 Å². The highest BCUT2D eigenvalue weighted by molar-refractivity contribution is 5.72. The van der Waals surface area contributed by atoms with Crippen LogP contribution in [0.3, 0.4) is 0 Å². The summed E-state index contributed by atoms with van der Waals surface area (Å²) in [6.07, 6.45) is 2.04. The number of nitrogens with one attached hydrogen (secondary N) is 1. The van der Waals surface area contributed by atoms with Gasteiger partial charge in [-0.2, -0.15) is 0 Å². The van der Waals surface area contributed by atoms with Gasteiger partial charge in [0, 0.05) is 6.42 Å².